The Morgan fingerprint density at radius 2 is 1.26 bits per heavy atom. The first-order valence-electron chi connectivity index (χ1n) is 8.46. The first kappa shape index (κ1) is 14.1. The fraction of sp³-hybridized carbons (Fsp3) is 0.182. The zero-order valence-corrected chi connectivity index (χ0v) is 13.5. The summed E-state index contributed by atoms with van der Waals surface area (Å²) in [6.07, 6.45) is 3.59. The largest absolute Gasteiger partial charge is 0.309 e. The Balaban J connectivity index is 2.05. The number of benzene rings is 3. The van der Waals surface area contributed by atoms with Gasteiger partial charge in [-0.15, -0.1) is 0 Å². The van der Waals surface area contributed by atoms with Gasteiger partial charge in [0.25, 0.3) is 0 Å². The number of aryl methyl sites for hydroxylation is 1. The van der Waals surface area contributed by atoms with Crippen LogP contribution in [0.3, 0.4) is 0 Å². The number of para-hydroxylation sites is 3. The molecule has 3 aromatic carbocycles. The van der Waals surface area contributed by atoms with Gasteiger partial charge in [-0.2, -0.15) is 0 Å². The number of nitrogens with zero attached hydrogens (tertiary/aromatic N) is 1. The fourth-order valence-electron chi connectivity index (χ4n) is 3.49. The standard InChI is InChI=1S/C22H21N/c1-2-3-10-17-11-4-7-14-20(17)23-21-15-8-5-12-18(21)19-13-6-9-16-22(19)23/h4-9,11-16H,2-3,10H2,1H3. The van der Waals surface area contributed by atoms with Crippen LogP contribution in [-0.4, -0.2) is 4.57 Å². The van der Waals surface area contributed by atoms with E-state index < -0.39 is 0 Å². The van der Waals surface area contributed by atoms with Gasteiger partial charge in [0.2, 0.25) is 0 Å². The van der Waals surface area contributed by atoms with Crippen LogP contribution >= 0.6 is 0 Å². The van der Waals surface area contributed by atoms with Crippen molar-refractivity contribution in [3.8, 4) is 5.69 Å². The van der Waals surface area contributed by atoms with Crippen LogP contribution in [0.15, 0.2) is 72.8 Å². The quantitative estimate of drug-likeness (QED) is 0.427. The molecular formula is C22H21N. The molecule has 1 aromatic heterocycles. The number of fused-ring (bicyclic) bond motifs is 3. The summed E-state index contributed by atoms with van der Waals surface area (Å²) in [4.78, 5) is 0. The minimum absolute atomic E-state index is 1.13. The van der Waals surface area contributed by atoms with Crippen molar-refractivity contribution in [2.24, 2.45) is 0 Å². The highest BCUT2D eigenvalue weighted by Gasteiger charge is 2.13. The van der Waals surface area contributed by atoms with Gasteiger partial charge in [0.15, 0.2) is 0 Å². The summed E-state index contributed by atoms with van der Waals surface area (Å²) in [6, 6.07) is 26.3. The average molecular weight is 299 g/mol. The molecule has 0 aliphatic rings. The van der Waals surface area contributed by atoms with Crippen LogP contribution in [-0.2, 0) is 6.42 Å². The van der Waals surface area contributed by atoms with Gasteiger partial charge in [0.1, 0.15) is 0 Å². The molecule has 0 saturated heterocycles. The van der Waals surface area contributed by atoms with Crippen molar-refractivity contribution < 1.29 is 0 Å². The van der Waals surface area contributed by atoms with Gasteiger partial charge >= 0.3 is 0 Å². The number of aromatic nitrogens is 1. The van der Waals surface area contributed by atoms with Crippen molar-refractivity contribution >= 4 is 21.8 Å². The van der Waals surface area contributed by atoms with Crippen LogP contribution in [0.4, 0.5) is 0 Å². The molecule has 0 radical (unpaired) electrons. The molecule has 114 valence electrons. The van der Waals surface area contributed by atoms with E-state index in [4.69, 9.17) is 0 Å². The summed E-state index contributed by atoms with van der Waals surface area (Å²) in [7, 11) is 0. The molecule has 0 aliphatic heterocycles. The van der Waals surface area contributed by atoms with E-state index in [1.165, 1.54) is 45.9 Å². The third kappa shape index (κ3) is 2.33. The highest BCUT2D eigenvalue weighted by Crippen LogP contribution is 2.33. The van der Waals surface area contributed by atoms with Gasteiger partial charge in [-0.25, -0.2) is 0 Å². The van der Waals surface area contributed by atoms with Crippen LogP contribution in [0.25, 0.3) is 27.5 Å². The number of unbranched alkanes of at least 4 members (excludes halogenated alkanes) is 1. The van der Waals surface area contributed by atoms with Crippen LogP contribution < -0.4 is 0 Å². The highest BCUT2D eigenvalue weighted by molar-refractivity contribution is 6.09. The van der Waals surface area contributed by atoms with E-state index in [9.17, 15) is 0 Å². The molecule has 0 fully saturated rings. The maximum Gasteiger partial charge on any atom is 0.0541 e. The number of hydrogen-bond acceptors (Lipinski definition) is 0. The van der Waals surface area contributed by atoms with Gasteiger partial charge in [-0.1, -0.05) is 67.9 Å². The fourth-order valence-corrected chi connectivity index (χ4v) is 3.49. The molecule has 0 amide bonds. The van der Waals surface area contributed by atoms with Gasteiger partial charge in [-0.3, -0.25) is 0 Å². The number of rotatable bonds is 4. The third-order valence-electron chi connectivity index (χ3n) is 4.61. The Labute approximate surface area is 137 Å². The van der Waals surface area contributed by atoms with E-state index in [2.05, 4.69) is 84.3 Å². The summed E-state index contributed by atoms with van der Waals surface area (Å²) in [5.74, 6) is 0. The van der Waals surface area contributed by atoms with E-state index in [0.717, 1.165) is 6.42 Å². The summed E-state index contributed by atoms with van der Waals surface area (Å²) < 4.78 is 2.43. The van der Waals surface area contributed by atoms with Crippen molar-refractivity contribution in [3.63, 3.8) is 0 Å². The van der Waals surface area contributed by atoms with E-state index in [0.29, 0.717) is 0 Å². The molecule has 0 N–H and O–H groups in total. The van der Waals surface area contributed by atoms with E-state index in [-0.39, 0.29) is 0 Å². The Morgan fingerprint density at radius 3 is 1.91 bits per heavy atom. The first-order valence-corrected chi connectivity index (χ1v) is 8.46. The molecule has 0 unspecified atom stereocenters. The average Bonchev–Trinajstić information content (AvgIpc) is 2.95. The topological polar surface area (TPSA) is 4.93 Å². The van der Waals surface area contributed by atoms with Crippen molar-refractivity contribution in [1.82, 2.24) is 4.57 Å². The molecule has 0 aliphatic carbocycles. The van der Waals surface area contributed by atoms with Crippen molar-refractivity contribution in [3.05, 3.63) is 78.4 Å². The monoisotopic (exact) mass is 299 g/mol. The van der Waals surface area contributed by atoms with Crippen LogP contribution in [0.5, 0.6) is 0 Å². The normalized spacial score (nSPS) is 11.3. The minimum Gasteiger partial charge on any atom is -0.309 e. The predicted molar refractivity (Wildman–Crippen MR) is 99.4 cm³/mol. The zero-order valence-electron chi connectivity index (χ0n) is 13.5. The molecule has 4 rings (SSSR count). The van der Waals surface area contributed by atoms with Crippen LogP contribution in [0.2, 0.25) is 0 Å². The molecule has 0 bridgehead atoms. The number of hydrogen-bond donors (Lipinski definition) is 0. The maximum atomic E-state index is 2.43. The SMILES string of the molecule is CCCCc1ccccc1-n1c2ccccc2c2ccccc21. The van der Waals surface area contributed by atoms with Gasteiger partial charge in [0, 0.05) is 16.5 Å². The third-order valence-corrected chi connectivity index (χ3v) is 4.61. The van der Waals surface area contributed by atoms with Gasteiger partial charge in [0.05, 0.1) is 11.0 Å². The lowest BCUT2D eigenvalue weighted by molar-refractivity contribution is 0.791. The molecule has 1 nitrogen and oxygen atoms in total. The van der Waals surface area contributed by atoms with Gasteiger partial charge < -0.3 is 4.57 Å². The maximum absolute atomic E-state index is 2.43. The van der Waals surface area contributed by atoms with Gasteiger partial charge in [-0.05, 0) is 36.6 Å². The smallest absolute Gasteiger partial charge is 0.0541 e. The second-order valence-electron chi connectivity index (χ2n) is 6.10. The second kappa shape index (κ2) is 5.92. The molecule has 1 heteroatoms. The zero-order chi connectivity index (χ0) is 15.6. The first-order chi connectivity index (χ1) is 11.4. The lowest BCUT2D eigenvalue weighted by atomic mass is 10.1. The summed E-state index contributed by atoms with van der Waals surface area (Å²) in [6.45, 7) is 2.25. The summed E-state index contributed by atoms with van der Waals surface area (Å²) in [5, 5.41) is 2.65. The molecule has 0 atom stereocenters. The molecule has 0 spiro atoms. The van der Waals surface area contributed by atoms with E-state index >= 15 is 0 Å². The molecule has 1 heterocycles. The van der Waals surface area contributed by atoms with Crippen molar-refractivity contribution in [2.75, 3.05) is 0 Å². The van der Waals surface area contributed by atoms with Crippen molar-refractivity contribution in [2.45, 2.75) is 26.2 Å². The molecule has 4 aromatic rings. The Bertz CT molecular complexity index is 909. The Morgan fingerprint density at radius 1 is 0.696 bits per heavy atom. The van der Waals surface area contributed by atoms with Crippen LogP contribution in [0, 0.1) is 0 Å². The van der Waals surface area contributed by atoms with Crippen LogP contribution in [0.1, 0.15) is 25.3 Å². The molecule has 23 heavy (non-hydrogen) atoms. The Kier molecular flexibility index (Phi) is 3.63. The Hall–Kier alpha value is -2.54. The lowest BCUT2D eigenvalue weighted by Gasteiger charge is -2.13. The summed E-state index contributed by atoms with van der Waals surface area (Å²) in [5.41, 5.74) is 5.33. The van der Waals surface area contributed by atoms with Crippen molar-refractivity contribution in [1.29, 1.82) is 0 Å². The predicted octanol–water partition coefficient (Wildman–Crippen LogP) is 6.13. The molecular weight excluding hydrogens is 278 g/mol. The summed E-state index contributed by atoms with van der Waals surface area (Å²) >= 11 is 0. The molecule has 0 saturated carbocycles. The lowest BCUT2D eigenvalue weighted by Crippen LogP contribution is -1.99. The van der Waals surface area contributed by atoms with E-state index in [1.807, 2.05) is 0 Å². The van der Waals surface area contributed by atoms with E-state index in [1.54, 1.807) is 0 Å². The minimum atomic E-state index is 1.13. The second-order valence-corrected chi connectivity index (χ2v) is 6.10. The highest BCUT2D eigenvalue weighted by atomic mass is 15.0.